The van der Waals surface area contributed by atoms with E-state index in [1.54, 1.807) is 0 Å². The van der Waals surface area contributed by atoms with Crippen LogP contribution in [-0.4, -0.2) is 98.3 Å². The fourth-order valence-corrected chi connectivity index (χ4v) is 8.56. The maximum atomic E-state index is 12.8. The Balaban J connectivity index is 2.41. The third-order valence-electron chi connectivity index (χ3n) is 11.4. The van der Waals surface area contributed by atoms with Gasteiger partial charge < -0.3 is 39.9 Å². The van der Waals surface area contributed by atoms with Gasteiger partial charge in [-0.1, -0.05) is 194 Å². The smallest absolute Gasteiger partial charge is 0.462 e. The molecule has 8 atom stereocenters. The molecule has 0 aromatic rings. The monoisotopic (exact) mass is 867 g/mol. The van der Waals surface area contributed by atoms with E-state index >= 15 is 0 Å². The first-order chi connectivity index (χ1) is 28.4. The van der Waals surface area contributed by atoms with Crippen molar-refractivity contribution >= 4 is 19.8 Å². The zero-order valence-corrected chi connectivity index (χ0v) is 38.0. The van der Waals surface area contributed by atoms with Crippen molar-refractivity contribution in [2.45, 2.75) is 262 Å². The summed E-state index contributed by atoms with van der Waals surface area (Å²) < 4.78 is 33.5. The van der Waals surface area contributed by atoms with Gasteiger partial charge in [-0.05, 0) is 12.8 Å². The Kier molecular flexibility index (Phi) is 34.4. The van der Waals surface area contributed by atoms with E-state index in [0.717, 1.165) is 38.5 Å². The summed E-state index contributed by atoms with van der Waals surface area (Å²) in [6.45, 7) is 3.32. The van der Waals surface area contributed by atoms with Crippen LogP contribution in [0.3, 0.4) is 0 Å². The van der Waals surface area contributed by atoms with Gasteiger partial charge in [0.25, 0.3) is 0 Å². The van der Waals surface area contributed by atoms with Crippen molar-refractivity contribution < 1.29 is 63.1 Å². The summed E-state index contributed by atoms with van der Waals surface area (Å²) >= 11 is 0. The van der Waals surface area contributed by atoms with E-state index in [1.165, 1.54) is 141 Å². The Bertz CT molecular complexity index is 1050. The molecule has 1 rings (SSSR count). The summed E-state index contributed by atoms with van der Waals surface area (Å²) in [7, 11) is -5.11. The van der Waals surface area contributed by atoms with Gasteiger partial charge in [0.05, 0.1) is 6.61 Å². The number of carbonyl (C=O) groups is 2. The maximum Gasteiger partial charge on any atom is 0.472 e. The minimum Gasteiger partial charge on any atom is -0.462 e. The lowest BCUT2D eigenvalue weighted by Gasteiger charge is -2.41. The van der Waals surface area contributed by atoms with E-state index in [2.05, 4.69) is 13.8 Å². The van der Waals surface area contributed by atoms with Crippen molar-refractivity contribution in [2.24, 2.45) is 0 Å². The molecule has 59 heavy (non-hydrogen) atoms. The molecule has 0 aromatic heterocycles. The maximum absolute atomic E-state index is 12.8. The molecule has 0 saturated heterocycles. The summed E-state index contributed by atoms with van der Waals surface area (Å²) in [5.74, 6) is -1.08. The Labute approximate surface area is 357 Å². The zero-order valence-electron chi connectivity index (χ0n) is 37.1. The molecule has 6 N–H and O–H groups in total. The normalized spacial score (nSPS) is 22.2. The summed E-state index contributed by atoms with van der Waals surface area (Å²) in [5, 5.41) is 50.1. The van der Waals surface area contributed by atoms with E-state index in [0.29, 0.717) is 12.8 Å². The predicted octanol–water partition coefficient (Wildman–Crippen LogP) is 9.28. The second-order valence-corrected chi connectivity index (χ2v) is 18.4. The van der Waals surface area contributed by atoms with Crippen LogP contribution in [0.1, 0.15) is 219 Å². The third-order valence-corrected chi connectivity index (χ3v) is 12.4. The first kappa shape index (κ1) is 55.9. The van der Waals surface area contributed by atoms with Crippen molar-refractivity contribution in [3.63, 3.8) is 0 Å². The zero-order chi connectivity index (χ0) is 43.6. The Morgan fingerprint density at radius 2 is 0.763 bits per heavy atom. The number of phosphoric acid groups is 1. The number of hydrogen-bond donors (Lipinski definition) is 6. The SMILES string of the molecule is CCCCCCCCCCCCCCCCCCCC(=O)OC[C@H](COP(=O)(O)OC1C(O)C(O)C(O)[C@@H](O)C1O)OC(=O)CCCCCCCCCCCCCCC. The van der Waals surface area contributed by atoms with E-state index in [4.69, 9.17) is 18.5 Å². The van der Waals surface area contributed by atoms with Crippen LogP contribution in [0.2, 0.25) is 0 Å². The number of hydrogen-bond acceptors (Lipinski definition) is 12. The van der Waals surface area contributed by atoms with Crippen LogP contribution >= 0.6 is 7.82 Å². The molecular weight excluding hydrogens is 779 g/mol. The van der Waals surface area contributed by atoms with Crippen LogP contribution in [-0.2, 0) is 32.7 Å². The number of carbonyl (C=O) groups excluding carboxylic acids is 2. The van der Waals surface area contributed by atoms with Crippen LogP contribution in [0.4, 0.5) is 0 Å². The average molecular weight is 867 g/mol. The molecular formula is C45H87O13P. The van der Waals surface area contributed by atoms with E-state index in [1.807, 2.05) is 0 Å². The van der Waals surface area contributed by atoms with Crippen molar-refractivity contribution in [3.8, 4) is 0 Å². The number of aliphatic hydroxyl groups excluding tert-OH is 5. The molecule has 13 nitrogen and oxygen atoms in total. The van der Waals surface area contributed by atoms with Crippen molar-refractivity contribution in [2.75, 3.05) is 13.2 Å². The molecule has 1 aliphatic carbocycles. The van der Waals surface area contributed by atoms with E-state index < -0.39 is 75.7 Å². The van der Waals surface area contributed by atoms with Crippen LogP contribution in [0, 0.1) is 0 Å². The standard InChI is InChI=1S/C45H87O13P/c1-3-5-7-9-11-13-15-17-18-19-20-22-23-25-27-29-31-33-38(46)55-35-37(36-56-59(53,54)58-45-43(51)41(49)40(48)42(50)44(45)52)57-39(47)34-32-30-28-26-24-21-16-14-12-10-8-6-4-2/h37,40-45,48-52H,3-36H2,1-2H3,(H,53,54)/t37-,40?,41-,42?,43?,44?,45?/m1/s1. The Hall–Kier alpha value is -1.15. The predicted molar refractivity (Wildman–Crippen MR) is 231 cm³/mol. The molecule has 0 radical (unpaired) electrons. The fraction of sp³-hybridized carbons (Fsp3) is 0.956. The molecule has 1 fully saturated rings. The summed E-state index contributed by atoms with van der Waals surface area (Å²) in [6, 6.07) is 0. The topological polar surface area (TPSA) is 210 Å². The molecule has 1 saturated carbocycles. The lowest BCUT2D eigenvalue weighted by atomic mass is 9.85. The molecule has 14 heteroatoms. The molecule has 6 unspecified atom stereocenters. The number of aliphatic hydroxyl groups is 5. The van der Waals surface area contributed by atoms with Crippen molar-refractivity contribution in [1.82, 2.24) is 0 Å². The highest BCUT2D eigenvalue weighted by atomic mass is 31.2. The average Bonchev–Trinajstić information content (AvgIpc) is 3.21. The van der Waals surface area contributed by atoms with Gasteiger partial charge >= 0.3 is 19.8 Å². The van der Waals surface area contributed by atoms with Gasteiger partial charge in [-0.15, -0.1) is 0 Å². The Morgan fingerprint density at radius 3 is 1.12 bits per heavy atom. The highest BCUT2D eigenvalue weighted by molar-refractivity contribution is 7.47. The molecule has 1 aliphatic rings. The van der Waals surface area contributed by atoms with Gasteiger partial charge in [-0.3, -0.25) is 18.6 Å². The third kappa shape index (κ3) is 29.0. The van der Waals surface area contributed by atoms with Crippen LogP contribution < -0.4 is 0 Å². The highest BCUT2D eigenvalue weighted by Gasteiger charge is 2.51. The minimum absolute atomic E-state index is 0.104. The summed E-state index contributed by atoms with van der Waals surface area (Å²) in [4.78, 5) is 35.7. The number of unbranched alkanes of at least 4 members (excludes halogenated alkanes) is 28. The van der Waals surface area contributed by atoms with Crippen molar-refractivity contribution in [3.05, 3.63) is 0 Å². The van der Waals surface area contributed by atoms with Crippen molar-refractivity contribution in [1.29, 1.82) is 0 Å². The minimum atomic E-state index is -5.11. The fourth-order valence-electron chi connectivity index (χ4n) is 7.58. The molecule has 350 valence electrons. The molecule has 0 spiro atoms. The van der Waals surface area contributed by atoms with Crippen LogP contribution in [0.15, 0.2) is 0 Å². The second-order valence-electron chi connectivity index (χ2n) is 17.0. The quantitative estimate of drug-likeness (QED) is 0.0193. The largest absolute Gasteiger partial charge is 0.472 e. The molecule has 0 aliphatic heterocycles. The second kappa shape index (κ2) is 36.3. The number of ether oxygens (including phenoxy) is 2. The summed E-state index contributed by atoms with van der Waals surface area (Å²) in [6.07, 6.45) is 23.0. The molecule has 0 aromatic carbocycles. The van der Waals surface area contributed by atoms with Crippen LogP contribution in [0.5, 0.6) is 0 Å². The Morgan fingerprint density at radius 1 is 0.458 bits per heavy atom. The first-order valence-corrected chi connectivity index (χ1v) is 25.3. The first-order valence-electron chi connectivity index (χ1n) is 23.8. The van der Waals surface area contributed by atoms with Gasteiger partial charge in [-0.2, -0.15) is 0 Å². The number of esters is 2. The summed E-state index contributed by atoms with van der Waals surface area (Å²) in [5.41, 5.74) is 0. The molecule has 0 amide bonds. The van der Waals surface area contributed by atoms with Crippen LogP contribution in [0.25, 0.3) is 0 Å². The van der Waals surface area contributed by atoms with Gasteiger partial charge in [-0.25, -0.2) is 4.57 Å². The molecule has 0 heterocycles. The number of phosphoric ester groups is 1. The lowest BCUT2D eigenvalue weighted by Crippen LogP contribution is -2.64. The van der Waals surface area contributed by atoms with Gasteiger partial charge in [0.2, 0.25) is 0 Å². The van der Waals surface area contributed by atoms with E-state index in [-0.39, 0.29) is 12.8 Å². The molecule has 0 bridgehead atoms. The van der Waals surface area contributed by atoms with Gasteiger partial charge in [0, 0.05) is 12.8 Å². The number of rotatable bonds is 40. The van der Waals surface area contributed by atoms with E-state index in [9.17, 15) is 44.6 Å². The van der Waals surface area contributed by atoms with Gasteiger partial charge in [0.15, 0.2) is 6.10 Å². The van der Waals surface area contributed by atoms with Gasteiger partial charge in [0.1, 0.15) is 43.2 Å². The lowest BCUT2D eigenvalue weighted by molar-refractivity contribution is -0.220. The highest BCUT2D eigenvalue weighted by Crippen LogP contribution is 2.47.